The lowest BCUT2D eigenvalue weighted by molar-refractivity contribution is -0.118. The Labute approximate surface area is 191 Å². The summed E-state index contributed by atoms with van der Waals surface area (Å²) in [6.07, 6.45) is 6.67. The van der Waals surface area contributed by atoms with Crippen LogP contribution in [-0.2, 0) is 24.3 Å². The molecule has 0 spiro atoms. The Morgan fingerprint density at radius 2 is 1.84 bits per heavy atom. The molecular weight excluding hydrogens is 402 g/mol. The van der Waals surface area contributed by atoms with Crippen LogP contribution in [0, 0.1) is 0 Å². The first-order valence-corrected chi connectivity index (χ1v) is 12.0. The van der Waals surface area contributed by atoms with Gasteiger partial charge in [-0.15, -0.1) is 0 Å². The van der Waals surface area contributed by atoms with E-state index in [-0.39, 0.29) is 12.2 Å². The molecule has 3 heterocycles. The molecule has 0 bridgehead atoms. The first-order valence-electron chi connectivity index (χ1n) is 12.0. The molecular formula is C25H35N5O2. The number of likely N-dealkylation sites (tertiary alicyclic amines) is 1. The summed E-state index contributed by atoms with van der Waals surface area (Å²) in [5, 5.41) is 0. The molecule has 0 unspecified atom stereocenters. The zero-order valence-corrected chi connectivity index (χ0v) is 19.2. The van der Waals surface area contributed by atoms with E-state index >= 15 is 0 Å². The van der Waals surface area contributed by atoms with Gasteiger partial charge >= 0.3 is 6.01 Å². The highest BCUT2D eigenvalue weighted by Crippen LogP contribution is 2.30. The first kappa shape index (κ1) is 22.5. The lowest BCUT2D eigenvalue weighted by Gasteiger charge is -2.27. The first-order chi connectivity index (χ1) is 15.6. The van der Waals surface area contributed by atoms with E-state index < -0.39 is 0 Å². The number of unbranched alkanes of at least 4 members (excludes halogenated alkanes) is 1. The van der Waals surface area contributed by atoms with Gasteiger partial charge in [0, 0.05) is 38.0 Å². The van der Waals surface area contributed by atoms with Gasteiger partial charge in [0.15, 0.2) is 0 Å². The molecule has 1 aromatic carbocycles. The molecule has 0 radical (unpaired) electrons. The number of ketones is 1. The number of ether oxygens (including phenoxy) is 1. The van der Waals surface area contributed by atoms with Crippen LogP contribution in [0.4, 0.5) is 11.6 Å². The van der Waals surface area contributed by atoms with Crippen LogP contribution in [-0.4, -0.2) is 46.9 Å². The summed E-state index contributed by atoms with van der Waals surface area (Å²) in [5.74, 6) is 1.25. The van der Waals surface area contributed by atoms with Gasteiger partial charge in [-0.2, -0.15) is 9.97 Å². The number of rotatable bonds is 8. The molecule has 4 rings (SSSR count). The van der Waals surface area contributed by atoms with Gasteiger partial charge in [0.05, 0.1) is 6.61 Å². The smallest absolute Gasteiger partial charge is 0.320 e. The Balaban J connectivity index is 1.54. The molecule has 1 fully saturated rings. The summed E-state index contributed by atoms with van der Waals surface area (Å²) in [7, 11) is 0. The molecule has 172 valence electrons. The second kappa shape index (κ2) is 10.8. The number of hydrogen-bond donors (Lipinski definition) is 1. The van der Waals surface area contributed by atoms with Gasteiger partial charge in [-0.05, 0) is 43.5 Å². The van der Waals surface area contributed by atoms with Crippen LogP contribution in [0.15, 0.2) is 24.3 Å². The monoisotopic (exact) mass is 437 g/mol. The Morgan fingerprint density at radius 1 is 1.06 bits per heavy atom. The summed E-state index contributed by atoms with van der Waals surface area (Å²) >= 11 is 0. The number of nitrogen functional groups attached to an aromatic ring is 1. The third-order valence-corrected chi connectivity index (χ3v) is 6.28. The van der Waals surface area contributed by atoms with Crippen molar-refractivity contribution in [1.82, 2.24) is 14.9 Å². The Kier molecular flexibility index (Phi) is 7.58. The van der Waals surface area contributed by atoms with Crippen molar-refractivity contribution in [3.8, 4) is 6.01 Å². The molecule has 0 aliphatic carbocycles. The van der Waals surface area contributed by atoms with Gasteiger partial charge in [0.1, 0.15) is 17.4 Å². The molecule has 2 aliphatic rings. The standard InChI is InChI=1S/C25H35N5O2/c1-2-3-14-32-25-27-23(26)22-16-21(31)10-13-30(24(22)28-25)18-20-9-7-8-19(15-20)17-29-11-5-4-6-12-29/h7-9,15H,2-6,10-14,16-18H2,1H3,(H2,26,27,28). The number of fused-ring (bicyclic) bond motifs is 1. The summed E-state index contributed by atoms with van der Waals surface area (Å²) in [6.45, 7) is 7.33. The summed E-state index contributed by atoms with van der Waals surface area (Å²) in [5.41, 5.74) is 9.52. The Hall–Kier alpha value is -2.67. The van der Waals surface area contributed by atoms with Crippen molar-refractivity contribution in [2.24, 2.45) is 0 Å². The third-order valence-electron chi connectivity index (χ3n) is 6.28. The SMILES string of the molecule is CCCCOc1nc(N)c2c(n1)N(Cc1cccc(CN3CCCCC3)c1)CCC(=O)C2. The lowest BCUT2D eigenvalue weighted by Crippen LogP contribution is -2.29. The van der Waals surface area contributed by atoms with Gasteiger partial charge < -0.3 is 15.4 Å². The molecule has 32 heavy (non-hydrogen) atoms. The van der Waals surface area contributed by atoms with Crippen LogP contribution in [0.5, 0.6) is 6.01 Å². The van der Waals surface area contributed by atoms with E-state index in [2.05, 4.69) is 51.0 Å². The number of nitrogens with two attached hydrogens (primary N) is 1. The topological polar surface area (TPSA) is 84.6 Å². The van der Waals surface area contributed by atoms with Crippen molar-refractivity contribution in [2.45, 2.75) is 65.0 Å². The highest BCUT2D eigenvalue weighted by atomic mass is 16.5. The summed E-state index contributed by atoms with van der Waals surface area (Å²) in [6, 6.07) is 9.07. The average Bonchev–Trinajstić information content (AvgIpc) is 2.94. The predicted molar refractivity (Wildman–Crippen MR) is 127 cm³/mol. The van der Waals surface area contributed by atoms with Crippen molar-refractivity contribution < 1.29 is 9.53 Å². The maximum Gasteiger partial charge on any atom is 0.320 e. The quantitative estimate of drug-likeness (QED) is 0.630. The second-order valence-corrected chi connectivity index (χ2v) is 8.94. The van der Waals surface area contributed by atoms with E-state index in [1.165, 1.54) is 43.5 Å². The van der Waals surface area contributed by atoms with Crippen molar-refractivity contribution in [1.29, 1.82) is 0 Å². The third kappa shape index (κ3) is 5.76. The van der Waals surface area contributed by atoms with Crippen LogP contribution in [0.1, 0.15) is 62.1 Å². The highest BCUT2D eigenvalue weighted by molar-refractivity contribution is 5.85. The molecule has 0 atom stereocenters. The maximum absolute atomic E-state index is 12.4. The number of hydrogen-bond acceptors (Lipinski definition) is 7. The van der Waals surface area contributed by atoms with E-state index in [4.69, 9.17) is 10.5 Å². The number of anilines is 2. The fourth-order valence-corrected chi connectivity index (χ4v) is 4.50. The fraction of sp³-hybridized carbons (Fsp3) is 0.560. The minimum Gasteiger partial charge on any atom is -0.463 e. The molecule has 1 saturated heterocycles. The van der Waals surface area contributed by atoms with Crippen LogP contribution < -0.4 is 15.4 Å². The van der Waals surface area contributed by atoms with Gasteiger partial charge in [-0.25, -0.2) is 0 Å². The van der Waals surface area contributed by atoms with Crippen LogP contribution in [0.3, 0.4) is 0 Å². The molecule has 2 N–H and O–H groups in total. The Bertz CT molecular complexity index is 927. The number of Topliss-reactive ketones (excluding diaryl/α,β-unsaturated/α-hetero) is 1. The average molecular weight is 438 g/mol. The zero-order valence-electron chi connectivity index (χ0n) is 19.2. The van der Waals surface area contributed by atoms with E-state index in [9.17, 15) is 4.79 Å². The molecule has 7 nitrogen and oxygen atoms in total. The van der Waals surface area contributed by atoms with Crippen molar-refractivity contribution in [3.05, 3.63) is 41.0 Å². The normalized spacial score (nSPS) is 17.2. The molecule has 0 saturated carbocycles. The number of piperidine rings is 1. The summed E-state index contributed by atoms with van der Waals surface area (Å²) < 4.78 is 5.74. The van der Waals surface area contributed by atoms with E-state index in [1.807, 2.05) is 0 Å². The van der Waals surface area contributed by atoms with E-state index in [1.54, 1.807) is 0 Å². The van der Waals surface area contributed by atoms with Gasteiger partial charge in [0.25, 0.3) is 0 Å². The minimum atomic E-state index is 0.169. The van der Waals surface area contributed by atoms with Gasteiger partial charge in [-0.3, -0.25) is 9.69 Å². The molecule has 0 amide bonds. The highest BCUT2D eigenvalue weighted by Gasteiger charge is 2.25. The van der Waals surface area contributed by atoms with Crippen molar-refractivity contribution in [3.63, 3.8) is 0 Å². The van der Waals surface area contributed by atoms with Crippen LogP contribution >= 0.6 is 0 Å². The van der Waals surface area contributed by atoms with E-state index in [0.29, 0.717) is 37.9 Å². The van der Waals surface area contributed by atoms with Gasteiger partial charge in [0.2, 0.25) is 0 Å². The number of carbonyl (C=O) groups is 1. The second-order valence-electron chi connectivity index (χ2n) is 8.94. The minimum absolute atomic E-state index is 0.169. The van der Waals surface area contributed by atoms with Crippen molar-refractivity contribution in [2.75, 3.05) is 36.9 Å². The van der Waals surface area contributed by atoms with Gasteiger partial charge in [-0.1, -0.05) is 44.0 Å². The number of benzene rings is 1. The fourth-order valence-electron chi connectivity index (χ4n) is 4.50. The Morgan fingerprint density at radius 3 is 2.62 bits per heavy atom. The number of aromatic nitrogens is 2. The number of nitrogens with zero attached hydrogens (tertiary/aromatic N) is 4. The van der Waals surface area contributed by atoms with E-state index in [0.717, 1.165) is 30.8 Å². The maximum atomic E-state index is 12.4. The molecule has 2 aromatic rings. The van der Waals surface area contributed by atoms with Crippen molar-refractivity contribution >= 4 is 17.4 Å². The number of carbonyl (C=O) groups excluding carboxylic acids is 1. The zero-order chi connectivity index (χ0) is 22.3. The largest absolute Gasteiger partial charge is 0.463 e. The molecule has 2 aliphatic heterocycles. The van der Waals surface area contributed by atoms with Crippen LogP contribution in [0.2, 0.25) is 0 Å². The molecule has 1 aromatic heterocycles. The molecule has 7 heteroatoms. The predicted octanol–water partition coefficient (Wildman–Crippen LogP) is 3.75. The lowest BCUT2D eigenvalue weighted by atomic mass is 10.1. The van der Waals surface area contributed by atoms with Crippen LogP contribution in [0.25, 0.3) is 0 Å². The summed E-state index contributed by atoms with van der Waals surface area (Å²) in [4.78, 5) is 26.1.